The Hall–Kier alpha value is -2.75. The van der Waals surface area contributed by atoms with E-state index in [9.17, 15) is 0 Å². The molecule has 92 valence electrons. The van der Waals surface area contributed by atoms with E-state index >= 15 is 0 Å². The van der Waals surface area contributed by atoms with E-state index in [0.29, 0.717) is 5.75 Å². The molecule has 0 spiro atoms. The molecule has 19 heavy (non-hydrogen) atoms. The van der Waals surface area contributed by atoms with Crippen molar-refractivity contribution < 1.29 is 9.15 Å². The monoisotopic (exact) mass is 250 g/mol. The smallest absolute Gasteiger partial charge is 0.400 e. The fourth-order valence-corrected chi connectivity index (χ4v) is 2.09. The summed E-state index contributed by atoms with van der Waals surface area (Å²) in [6, 6.07) is 15.4. The minimum Gasteiger partial charge on any atom is -0.411 e. The predicted octanol–water partition coefficient (Wildman–Crippen LogP) is 4.10. The second-order valence-electron chi connectivity index (χ2n) is 4.28. The van der Waals surface area contributed by atoms with Gasteiger partial charge in [0.25, 0.3) is 0 Å². The summed E-state index contributed by atoms with van der Waals surface area (Å²) in [5.74, 6) is 0.696. The fraction of sp³-hybridized carbons (Fsp3) is 0. The first-order chi connectivity index (χ1) is 9.38. The molecule has 0 radical (unpaired) electrons. The number of para-hydroxylation sites is 2. The number of nitrogens with one attached hydrogen (secondary N) is 1. The number of H-pyrrole nitrogens is 1. The Morgan fingerprint density at radius 2 is 2.00 bits per heavy atom. The van der Waals surface area contributed by atoms with Crippen molar-refractivity contribution in [1.82, 2.24) is 9.97 Å². The molecule has 1 N–H and O–H groups in total. The average molecular weight is 250 g/mol. The van der Waals surface area contributed by atoms with E-state index in [1.165, 1.54) is 0 Å². The highest BCUT2D eigenvalue weighted by Crippen LogP contribution is 2.27. The van der Waals surface area contributed by atoms with Gasteiger partial charge in [0.1, 0.15) is 11.3 Å². The molecule has 0 amide bonds. The average Bonchev–Trinajstić information content (AvgIpc) is 3.03. The second-order valence-corrected chi connectivity index (χ2v) is 4.28. The van der Waals surface area contributed by atoms with E-state index in [0.717, 1.165) is 22.0 Å². The molecule has 4 nitrogen and oxygen atoms in total. The van der Waals surface area contributed by atoms with Gasteiger partial charge in [-0.15, -0.1) is 0 Å². The first-order valence-corrected chi connectivity index (χ1v) is 5.99. The van der Waals surface area contributed by atoms with Gasteiger partial charge in [-0.25, -0.2) is 0 Å². The Balaban J connectivity index is 1.72. The first-order valence-electron chi connectivity index (χ1n) is 5.99. The SMILES string of the molecule is c1ccc2oc(Oc3ccc4cc[nH]c4c3)nc2c1. The molecular weight excluding hydrogens is 240 g/mol. The molecular formula is C15H10N2O2. The van der Waals surface area contributed by atoms with Crippen LogP contribution in [0.1, 0.15) is 0 Å². The normalized spacial score (nSPS) is 11.2. The molecule has 0 bridgehead atoms. The van der Waals surface area contributed by atoms with Crippen LogP contribution in [0, 0.1) is 0 Å². The Labute approximate surface area is 108 Å². The number of hydrogen-bond acceptors (Lipinski definition) is 3. The summed E-state index contributed by atoms with van der Waals surface area (Å²) in [6.07, 6.45) is 2.15. The minimum absolute atomic E-state index is 0.257. The number of aromatic amines is 1. The van der Waals surface area contributed by atoms with Crippen LogP contribution in [0.2, 0.25) is 0 Å². The maximum atomic E-state index is 5.64. The van der Waals surface area contributed by atoms with Crippen LogP contribution < -0.4 is 4.74 Å². The van der Waals surface area contributed by atoms with Crippen molar-refractivity contribution in [2.75, 3.05) is 0 Å². The van der Waals surface area contributed by atoms with Gasteiger partial charge in [-0.3, -0.25) is 0 Å². The third-order valence-electron chi connectivity index (χ3n) is 3.01. The van der Waals surface area contributed by atoms with Crippen LogP contribution in [0.5, 0.6) is 11.8 Å². The highest BCUT2D eigenvalue weighted by atomic mass is 16.6. The summed E-state index contributed by atoms with van der Waals surface area (Å²) in [4.78, 5) is 7.42. The zero-order chi connectivity index (χ0) is 12.7. The van der Waals surface area contributed by atoms with Crippen LogP contribution in [-0.2, 0) is 0 Å². The minimum atomic E-state index is 0.257. The van der Waals surface area contributed by atoms with E-state index in [4.69, 9.17) is 9.15 Å². The third-order valence-corrected chi connectivity index (χ3v) is 3.01. The zero-order valence-electron chi connectivity index (χ0n) is 9.96. The number of aromatic nitrogens is 2. The van der Waals surface area contributed by atoms with Crippen molar-refractivity contribution >= 4 is 22.0 Å². The van der Waals surface area contributed by atoms with Crippen LogP contribution in [-0.4, -0.2) is 9.97 Å². The Morgan fingerprint density at radius 1 is 1.05 bits per heavy atom. The number of hydrogen-bond donors (Lipinski definition) is 1. The summed E-state index contributed by atoms with van der Waals surface area (Å²) in [6.45, 7) is 0. The second kappa shape index (κ2) is 3.88. The Bertz CT molecular complexity index is 827. The number of benzene rings is 2. The number of nitrogens with zero attached hydrogens (tertiary/aromatic N) is 1. The molecule has 0 saturated carbocycles. The lowest BCUT2D eigenvalue weighted by Gasteiger charge is -2.00. The molecule has 4 rings (SSSR count). The van der Waals surface area contributed by atoms with Gasteiger partial charge in [-0.1, -0.05) is 12.1 Å². The van der Waals surface area contributed by atoms with E-state index in [1.807, 2.05) is 54.7 Å². The number of oxazole rings is 1. The summed E-state index contributed by atoms with van der Waals surface area (Å²) in [7, 11) is 0. The highest BCUT2D eigenvalue weighted by molar-refractivity contribution is 5.80. The van der Waals surface area contributed by atoms with Crippen molar-refractivity contribution in [3.8, 4) is 11.8 Å². The molecule has 0 aliphatic carbocycles. The molecule has 4 heteroatoms. The van der Waals surface area contributed by atoms with E-state index in [-0.39, 0.29) is 6.08 Å². The number of ether oxygens (including phenoxy) is 1. The fourth-order valence-electron chi connectivity index (χ4n) is 2.09. The van der Waals surface area contributed by atoms with Crippen molar-refractivity contribution in [2.45, 2.75) is 0 Å². The Kier molecular flexibility index (Phi) is 2.08. The standard InChI is InChI=1S/C15H10N2O2/c1-2-4-14-12(3-1)17-15(19-14)18-11-6-5-10-7-8-16-13(10)9-11/h1-9,16H. The van der Waals surface area contributed by atoms with Gasteiger partial charge in [-0.05, 0) is 35.7 Å². The van der Waals surface area contributed by atoms with E-state index < -0.39 is 0 Å². The summed E-state index contributed by atoms with van der Waals surface area (Å²) < 4.78 is 11.2. The van der Waals surface area contributed by atoms with Crippen molar-refractivity contribution in [3.63, 3.8) is 0 Å². The third kappa shape index (κ3) is 1.74. The van der Waals surface area contributed by atoms with Gasteiger partial charge in [0.05, 0.1) is 0 Å². The lowest BCUT2D eigenvalue weighted by atomic mass is 10.2. The molecule has 0 saturated heterocycles. The summed E-state index contributed by atoms with van der Waals surface area (Å²) >= 11 is 0. The molecule has 0 unspecified atom stereocenters. The molecule has 0 atom stereocenters. The molecule has 0 aliphatic heterocycles. The van der Waals surface area contributed by atoms with Crippen LogP contribution >= 0.6 is 0 Å². The van der Waals surface area contributed by atoms with Crippen molar-refractivity contribution in [2.24, 2.45) is 0 Å². The first kappa shape index (κ1) is 10.2. The molecule has 0 aliphatic rings. The van der Waals surface area contributed by atoms with E-state index in [2.05, 4.69) is 9.97 Å². The van der Waals surface area contributed by atoms with E-state index in [1.54, 1.807) is 0 Å². The van der Waals surface area contributed by atoms with Gasteiger partial charge in [0.2, 0.25) is 0 Å². The van der Waals surface area contributed by atoms with Crippen LogP contribution in [0.3, 0.4) is 0 Å². The topological polar surface area (TPSA) is 51.0 Å². The maximum absolute atomic E-state index is 5.64. The Morgan fingerprint density at radius 3 is 2.95 bits per heavy atom. The largest absolute Gasteiger partial charge is 0.411 e. The molecule has 0 fully saturated rings. The lowest BCUT2D eigenvalue weighted by molar-refractivity contribution is 0.343. The number of fused-ring (bicyclic) bond motifs is 2. The lowest BCUT2D eigenvalue weighted by Crippen LogP contribution is -1.83. The quantitative estimate of drug-likeness (QED) is 0.582. The van der Waals surface area contributed by atoms with Crippen molar-refractivity contribution in [1.29, 1.82) is 0 Å². The molecule has 2 aromatic carbocycles. The van der Waals surface area contributed by atoms with Crippen LogP contribution in [0.4, 0.5) is 0 Å². The zero-order valence-corrected chi connectivity index (χ0v) is 9.96. The van der Waals surface area contributed by atoms with Gasteiger partial charge in [0, 0.05) is 17.8 Å². The highest BCUT2D eigenvalue weighted by Gasteiger charge is 2.07. The summed E-state index contributed by atoms with van der Waals surface area (Å²) in [5, 5.41) is 1.14. The van der Waals surface area contributed by atoms with Gasteiger partial charge >= 0.3 is 6.08 Å². The molecule has 2 heterocycles. The van der Waals surface area contributed by atoms with Crippen LogP contribution in [0.25, 0.3) is 22.0 Å². The number of rotatable bonds is 2. The maximum Gasteiger partial charge on any atom is 0.400 e. The van der Waals surface area contributed by atoms with Crippen LogP contribution in [0.15, 0.2) is 59.1 Å². The van der Waals surface area contributed by atoms with Crippen molar-refractivity contribution in [3.05, 3.63) is 54.7 Å². The van der Waals surface area contributed by atoms with Gasteiger partial charge in [-0.2, -0.15) is 4.98 Å². The molecule has 4 aromatic rings. The predicted molar refractivity (Wildman–Crippen MR) is 72.4 cm³/mol. The van der Waals surface area contributed by atoms with Gasteiger partial charge in [0.15, 0.2) is 5.58 Å². The molecule has 2 aromatic heterocycles. The summed E-state index contributed by atoms with van der Waals surface area (Å²) in [5.41, 5.74) is 2.53. The van der Waals surface area contributed by atoms with Gasteiger partial charge < -0.3 is 14.1 Å².